The van der Waals surface area contributed by atoms with Crippen molar-refractivity contribution in [3.05, 3.63) is 30.2 Å². The largest absolute Gasteiger partial charge is 0.342 e. The van der Waals surface area contributed by atoms with Crippen LogP contribution in [0.25, 0.3) is 0 Å². The lowest BCUT2D eigenvalue weighted by Gasteiger charge is -2.24. The number of carbonyl (C=O) groups is 1. The number of hydrogen-bond acceptors (Lipinski definition) is 5. The van der Waals surface area contributed by atoms with Gasteiger partial charge in [-0.05, 0) is 26.8 Å². The fraction of sp³-hybridized carbons (Fsp3) is 0.500. The summed E-state index contributed by atoms with van der Waals surface area (Å²) in [6.45, 7) is 7.14. The van der Waals surface area contributed by atoms with E-state index in [0.29, 0.717) is 11.7 Å². The van der Waals surface area contributed by atoms with E-state index in [4.69, 9.17) is 4.52 Å². The van der Waals surface area contributed by atoms with Crippen LogP contribution in [0.5, 0.6) is 0 Å². The van der Waals surface area contributed by atoms with Crippen molar-refractivity contribution in [3.8, 4) is 0 Å². The first kappa shape index (κ1) is 13.3. The van der Waals surface area contributed by atoms with E-state index in [0.717, 1.165) is 0 Å². The zero-order valence-corrected chi connectivity index (χ0v) is 11.4. The molecule has 0 fully saturated rings. The lowest BCUT2D eigenvalue weighted by atomic mass is 10.0. The van der Waals surface area contributed by atoms with E-state index >= 15 is 0 Å². The number of aromatic nitrogens is 4. The summed E-state index contributed by atoms with van der Waals surface area (Å²) in [7, 11) is 0. The fourth-order valence-corrected chi connectivity index (χ4v) is 1.65. The van der Waals surface area contributed by atoms with Gasteiger partial charge in [0, 0.05) is 19.3 Å². The minimum absolute atomic E-state index is 0.156. The van der Waals surface area contributed by atoms with Crippen molar-refractivity contribution >= 4 is 5.91 Å². The van der Waals surface area contributed by atoms with Gasteiger partial charge in [0.1, 0.15) is 6.04 Å². The number of rotatable bonds is 4. The first-order valence-corrected chi connectivity index (χ1v) is 6.02. The molecule has 1 N–H and O–H groups in total. The topological polar surface area (TPSA) is 85.8 Å². The SMILES string of the molecule is Cc1nc(C(C)(C)NC(=O)C(C)n2cccn2)no1. The van der Waals surface area contributed by atoms with E-state index in [-0.39, 0.29) is 5.91 Å². The quantitative estimate of drug-likeness (QED) is 0.895. The Balaban J connectivity index is 2.10. The van der Waals surface area contributed by atoms with Gasteiger partial charge in [0.25, 0.3) is 0 Å². The molecular weight excluding hydrogens is 246 g/mol. The van der Waals surface area contributed by atoms with Crippen molar-refractivity contribution in [1.82, 2.24) is 25.2 Å². The molecule has 0 saturated carbocycles. The highest BCUT2D eigenvalue weighted by atomic mass is 16.5. The number of hydrogen-bond donors (Lipinski definition) is 1. The van der Waals surface area contributed by atoms with Crippen molar-refractivity contribution in [1.29, 1.82) is 0 Å². The molecule has 0 aromatic carbocycles. The van der Waals surface area contributed by atoms with Crippen LogP contribution in [-0.2, 0) is 10.3 Å². The van der Waals surface area contributed by atoms with E-state index < -0.39 is 11.6 Å². The molecule has 1 unspecified atom stereocenters. The van der Waals surface area contributed by atoms with Gasteiger partial charge in [0.15, 0.2) is 5.82 Å². The fourth-order valence-electron chi connectivity index (χ4n) is 1.65. The summed E-state index contributed by atoms with van der Waals surface area (Å²) in [5, 5.41) is 10.8. The van der Waals surface area contributed by atoms with Gasteiger partial charge < -0.3 is 9.84 Å². The molecular formula is C12H17N5O2. The van der Waals surface area contributed by atoms with Gasteiger partial charge in [0.2, 0.25) is 11.8 Å². The number of nitrogens with zero attached hydrogens (tertiary/aromatic N) is 4. The minimum Gasteiger partial charge on any atom is -0.342 e. The Kier molecular flexibility index (Phi) is 3.37. The molecule has 0 saturated heterocycles. The second-order valence-corrected chi connectivity index (χ2v) is 4.91. The summed E-state index contributed by atoms with van der Waals surface area (Å²) in [6.07, 6.45) is 3.38. The van der Waals surface area contributed by atoms with E-state index in [1.54, 1.807) is 37.0 Å². The predicted molar refractivity (Wildman–Crippen MR) is 67.1 cm³/mol. The van der Waals surface area contributed by atoms with Gasteiger partial charge in [-0.25, -0.2) is 0 Å². The molecule has 0 spiro atoms. The van der Waals surface area contributed by atoms with Gasteiger partial charge in [-0.1, -0.05) is 5.16 Å². The molecule has 2 aromatic heterocycles. The van der Waals surface area contributed by atoms with Crippen LogP contribution < -0.4 is 5.32 Å². The van der Waals surface area contributed by atoms with Crippen molar-refractivity contribution in [3.63, 3.8) is 0 Å². The van der Waals surface area contributed by atoms with Crippen molar-refractivity contribution in [2.24, 2.45) is 0 Å². The molecule has 102 valence electrons. The summed E-state index contributed by atoms with van der Waals surface area (Å²) >= 11 is 0. The third-order valence-electron chi connectivity index (χ3n) is 2.82. The van der Waals surface area contributed by atoms with Crippen LogP contribution in [-0.4, -0.2) is 25.8 Å². The average Bonchev–Trinajstić information content (AvgIpc) is 2.97. The maximum atomic E-state index is 12.2. The maximum absolute atomic E-state index is 12.2. The molecule has 0 aliphatic carbocycles. The molecule has 7 nitrogen and oxygen atoms in total. The van der Waals surface area contributed by atoms with Gasteiger partial charge in [0.05, 0.1) is 5.54 Å². The maximum Gasteiger partial charge on any atom is 0.245 e. The summed E-state index contributed by atoms with van der Waals surface area (Å²) in [5.41, 5.74) is -0.698. The molecule has 7 heteroatoms. The van der Waals surface area contributed by atoms with E-state index in [1.165, 1.54) is 0 Å². The average molecular weight is 263 g/mol. The first-order valence-electron chi connectivity index (χ1n) is 6.02. The highest BCUT2D eigenvalue weighted by Gasteiger charge is 2.30. The van der Waals surface area contributed by atoms with Crippen LogP contribution in [0.1, 0.15) is 38.5 Å². The summed E-state index contributed by atoms with van der Waals surface area (Å²) in [4.78, 5) is 16.3. The van der Waals surface area contributed by atoms with Crippen molar-refractivity contribution in [2.45, 2.75) is 39.3 Å². The highest BCUT2D eigenvalue weighted by molar-refractivity contribution is 5.80. The smallest absolute Gasteiger partial charge is 0.245 e. The molecule has 0 aliphatic rings. The van der Waals surface area contributed by atoms with Crippen LogP contribution in [0, 0.1) is 6.92 Å². The Morgan fingerprint density at radius 2 is 2.26 bits per heavy atom. The van der Waals surface area contributed by atoms with Gasteiger partial charge >= 0.3 is 0 Å². The number of nitrogens with one attached hydrogen (secondary N) is 1. The van der Waals surface area contributed by atoms with Crippen molar-refractivity contribution < 1.29 is 9.32 Å². The normalized spacial score (nSPS) is 13.3. The van der Waals surface area contributed by atoms with Crippen LogP contribution in [0.3, 0.4) is 0 Å². The summed E-state index contributed by atoms with van der Waals surface area (Å²) in [5.74, 6) is 0.764. The van der Waals surface area contributed by atoms with Gasteiger partial charge in [-0.15, -0.1) is 0 Å². The van der Waals surface area contributed by atoms with Crippen LogP contribution in [0.2, 0.25) is 0 Å². The second-order valence-electron chi connectivity index (χ2n) is 4.91. The summed E-state index contributed by atoms with van der Waals surface area (Å²) in [6, 6.07) is 1.37. The summed E-state index contributed by atoms with van der Waals surface area (Å²) < 4.78 is 6.53. The van der Waals surface area contributed by atoms with E-state index in [9.17, 15) is 4.79 Å². The third kappa shape index (κ3) is 2.81. The lowest BCUT2D eigenvalue weighted by molar-refractivity contribution is -0.126. The van der Waals surface area contributed by atoms with Crippen LogP contribution >= 0.6 is 0 Å². The van der Waals surface area contributed by atoms with Crippen LogP contribution in [0.4, 0.5) is 0 Å². The van der Waals surface area contributed by atoms with E-state index in [2.05, 4.69) is 20.6 Å². The third-order valence-corrected chi connectivity index (χ3v) is 2.82. The molecule has 0 radical (unpaired) electrons. The van der Waals surface area contributed by atoms with E-state index in [1.807, 2.05) is 13.8 Å². The molecule has 0 aliphatic heterocycles. The monoisotopic (exact) mass is 263 g/mol. The Bertz CT molecular complexity index is 558. The highest BCUT2D eigenvalue weighted by Crippen LogP contribution is 2.18. The Hall–Kier alpha value is -2.18. The molecule has 2 heterocycles. The molecule has 2 aromatic rings. The minimum atomic E-state index is -0.698. The predicted octanol–water partition coefficient (Wildman–Crippen LogP) is 1.19. The Labute approximate surface area is 111 Å². The number of carbonyl (C=O) groups excluding carboxylic acids is 1. The Morgan fingerprint density at radius 3 is 2.79 bits per heavy atom. The van der Waals surface area contributed by atoms with Gasteiger partial charge in [-0.2, -0.15) is 10.1 Å². The second kappa shape index (κ2) is 4.83. The number of amides is 1. The lowest BCUT2D eigenvalue weighted by Crippen LogP contribution is -2.44. The van der Waals surface area contributed by atoms with Gasteiger partial charge in [-0.3, -0.25) is 9.48 Å². The molecule has 1 atom stereocenters. The van der Waals surface area contributed by atoms with Crippen molar-refractivity contribution in [2.75, 3.05) is 0 Å². The molecule has 1 amide bonds. The Morgan fingerprint density at radius 1 is 1.53 bits per heavy atom. The zero-order valence-electron chi connectivity index (χ0n) is 11.4. The molecule has 0 bridgehead atoms. The standard InChI is InChI=1S/C12H17N5O2/c1-8(17-7-5-6-13-17)10(18)15-12(3,4)11-14-9(2)19-16-11/h5-8H,1-4H3,(H,15,18). The first-order chi connectivity index (χ1) is 8.90. The molecule has 2 rings (SSSR count). The molecule has 19 heavy (non-hydrogen) atoms. The zero-order chi connectivity index (χ0) is 14.0. The van der Waals surface area contributed by atoms with Crippen LogP contribution in [0.15, 0.2) is 23.0 Å². The number of aryl methyl sites for hydroxylation is 1.